The van der Waals surface area contributed by atoms with Gasteiger partial charge >= 0.3 is 6.09 Å². The highest BCUT2D eigenvalue weighted by Gasteiger charge is 2.20. The molecule has 1 aliphatic heterocycles. The van der Waals surface area contributed by atoms with E-state index in [2.05, 4.69) is 32.0 Å². The Hall–Kier alpha value is -4.16. The molecule has 1 saturated heterocycles. The molecule has 1 fully saturated rings. The Morgan fingerprint density at radius 2 is 1.76 bits per heavy atom. The number of rotatable bonds is 13. The smallest absolute Gasteiger partial charge is 0.413 e. The summed E-state index contributed by atoms with van der Waals surface area (Å²) in [5.74, 6) is 0.973. The fraction of sp³-hybridized carbons (Fsp3) is 0.414. The van der Waals surface area contributed by atoms with Gasteiger partial charge in [0.2, 0.25) is 5.95 Å². The number of aromatic nitrogens is 2. The second kappa shape index (κ2) is 14.5. The monoisotopic (exact) mass is 568 g/mol. The fourth-order valence-corrected chi connectivity index (χ4v) is 4.64. The zero-order chi connectivity index (χ0) is 29.2. The summed E-state index contributed by atoms with van der Waals surface area (Å²) in [6.07, 6.45) is 1.38. The van der Waals surface area contributed by atoms with Crippen LogP contribution < -0.4 is 24.4 Å². The van der Waals surface area contributed by atoms with Gasteiger partial charge in [-0.3, -0.25) is 9.80 Å². The summed E-state index contributed by atoms with van der Waals surface area (Å²) >= 11 is 0. The molecule has 0 bridgehead atoms. The molecule has 11 nitrogen and oxygen atoms in total. The minimum atomic E-state index is -1.21. The van der Waals surface area contributed by atoms with Crippen molar-refractivity contribution in [2.24, 2.45) is 0 Å². The summed E-state index contributed by atoms with van der Waals surface area (Å²) in [4.78, 5) is 26.5. The van der Waals surface area contributed by atoms with E-state index in [1.165, 1.54) is 32.5 Å². The van der Waals surface area contributed by atoms with Gasteiger partial charge in [-0.1, -0.05) is 6.92 Å². The van der Waals surface area contributed by atoms with Crippen molar-refractivity contribution in [2.45, 2.75) is 19.9 Å². The second-order valence-electron chi connectivity index (χ2n) is 9.59. The molecular formula is C29H37FN6O5. The van der Waals surface area contributed by atoms with Gasteiger partial charge in [0.1, 0.15) is 23.9 Å². The van der Waals surface area contributed by atoms with Crippen molar-refractivity contribution in [1.29, 1.82) is 0 Å². The van der Waals surface area contributed by atoms with E-state index in [0.717, 1.165) is 50.6 Å². The average molecular weight is 569 g/mol. The molecule has 1 amide bonds. The van der Waals surface area contributed by atoms with Gasteiger partial charge in [-0.2, -0.15) is 4.98 Å². The first-order valence-electron chi connectivity index (χ1n) is 13.6. The Kier molecular flexibility index (Phi) is 10.5. The average Bonchev–Trinajstić information content (AvgIpc) is 2.98. The Balaban J connectivity index is 1.37. The maximum Gasteiger partial charge on any atom is 0.413 e. The van der Waals surface area contributed by atoms with Crippen molar-refractivity contribution in [1.82, 2.24) is 19.8 Å². The number of carboxylic acid groups (broad SMARTS) is 1. The van der Waals surface area contributed by atoms with Crippen LogP contribution in [0, 0.1) is 5.82 Å². The number of amides is 1. The van der Waals surface area contributed by atoms with E-state index in [-0.39, 0.29) is 24.1 Å². The van der Waals surface area contributed by atoms with Crippen LogP contribution in [0.5, 0.6) is 17.2 Å². The van der Waals surface area contributed by atoms with Crippen LogP contribution in [0.15, 0.2) is 48.7 Å². The predicted molar refractivity (Wildman–Crippen MR) is 154 cm³/mol. The number of ether oxygens (including phenoxy) is 3. The van der Waals surface area contributed by atoms with Crippen LogP contribution in [-0.4, -0.2) is 91.1 Å². The summed E-state index contributed by atoms with van der Waals surface area (Å²) in [6, 6.07) is 11.1. The van der Waals surface area contributed by atoms with Gasteiger partial charge < -0.3 is 29.5 Å². The summed E-state index contributed by atoms with van der Waals surface area (Å²) in [5.41, 5.74) is 0.995. The second-order valence-corrected chi connectivity index (χ2v) is 9.59. The number of benzene rings is 2. The highest BCUT2D eigenvalue weighted by molar-refractivity contribution is 5.85. The van der Waals surface area contributed by atoms with Crippen LogP contribution >= 0.6 is 0 Å². The molecule has 0 radical (unpaired) electrons. The number of methoxy groups -OCH3 is 2. The van der Waals surface area contributed by atoms with Crippen molar-refractivity contribution in [3.63, 3.8) is 0 Å². The zero-order valence-corrected chi connectivity index (χ0v) is 23.7. The van der Waals surface area contributed by atoms with Gasteiger partial charge in [0.05, 0.1) is 20.8 Å². The maximum absolute atomic E-state index is 14.8. The van der Waals surface area contributed by atoms with Gasteiger partial charge in [-0.15, -0.1) is 0 Å². The lowest BCUT2D eigenvalue weighted by molar-refractivity contribution is 0.116. The standard InChI is InChI=1S/C29H37FN6O5/c1-4-11-34-12-14-35(15-13-34)16-17-41-26-7-5-22(19-24(26)30)32-28-31-10-9-27(33-28)36(29(37)38)20-21-18-23(39-2)6-8-25(21)40-3/h5-10,18-19H,4,11-17,20H2,1-3H3,(H,37,38)(H,31,32,33). The molecule has 220 valence electrons. The summed E-state index contributed by atoms with van der Waals surface area (Å²) in [7, 11) is 3.04. The maximum atomic E-state index is 14.8. The number of hydrogen-bond acceptors (Lipinski definition) is 9. The topological polar surface area (TPSA) is 113 Å². The lowest BCUT2D eigenvalue weighted by Crippen LogP contribution is -2.47. The van der Waals surface area contributed by atoms with E-state index in [1.54, 1.807) is 30.3 Å². The number of halogens is 1. The number of nitrogens with zero attached hydrogens (tertiary/aromatic N) is 5. The first kappa shape index (κ1) is 29.8. The summed E-state index contributed by atoms with van der Waals surface area (Å²) in [6.45, 7) is 8.48. The van der Waals surface area contributed by atoms with Crippen molar-refractivity contribution >= 4 is 23.5 Å². The number of piperazine rings is 1. The molecule has 4 rings (SSSR count). The quantitative estimate of drug-likeness (QED) is 0.306. The Morgan fingerprint density at radius 3 is 2.41 bits per heavy atom. The largest absolute Gasteiger partial charge is 0.497 e. The first-order valence-corrected chi connectivity index (χ1v) is 13.6. The van der Waals surface area contributed by atoms with Crippen LogP contribution in [0.2, 0.25) is 0 Å². The SMILES string of the molecule is CCCN1CCN(CCOc2ccc(Nc3nccc(N(Cc4cc(OC)ccc4OC)C(=O)O)n3)cc2F)CC1. The van der Waals surface area contributed by atoms with E-state index in [9.17, 15) is 14.3 Å². The van der Waals surface area contributed by atoms with E-state index >= 15 is 0 Å². The highest BCUT2D eigenvalue weighted by Crippen LogP contribution is 2.28. The molecule has 0 unspecified atom stereocenters. The van der Waals surface area contributed by atoms with Crippen LogP contribution in [0.3, 0.4) is 0 Å². The summed E-state index contributed by atoms with van der Waals surface area (Å²) in [5, 5.41) is 12.9. The molecule has 0 spiro atoms. The zero-order valence-electron chi connectivity index (χ0n) is 23.7. The molecule has 12 heteroatoms. The highest BCUT2D eigenvalue weighted by atomic mass is 19.1. The predicted octanol–water partition coefficient (Wildman–Crippen LogP) is 4.47. The third kappa shape index (κ3) is 8.18. The van der Waals surface area contributed by atoms with E-state index in [4.69, 9.17) is 14.2 Å². The third-order valence-electron chi connectivity index (χ3n) is 6.82. The number of nitrogens with one attached hydrogen (secondary N) is 1. The van der Waals surface area contributed by atoms with Gasteiger partial charge in [0.25, 0.3) is 0 Å². The number of anilines is 3. The molecule has 41 heavy (non-hydrogen) atoms. The molecule has 0 aliphatic carbocycles. The summed E-state index contributed by atoms with van der Waals surface area (Å²) < 4.78 is 31.2. The number of hydrogen-bond donors (Lipinski definition) is 2. The molecule has 2 N–H and O–H groups in total. The Bertz CT molecular complexity index is 1300. The van der Waals surface area contributed by atoms with Crippen LogP contribution in [-0.2, 0) is 6.54 Å². The lowest BCUT2D eigenvalue weighted by atomic mass is 10.1. The normalized spacial score (nSPS) is 14.0. The fourth-order valence-electron chi connectivity index (χ4n) is 4.64. The Labute approximate surface area is 239 Å². The lowest BCUT2D eigenvalue weighted by Gasteiger charge is -2.34. The molecule has 0 atom stereocenters. The minimum Gasteiger partial charge on any atom is -0.497 e. The first-order chi connectivity index (χ1) is 19.9. The van der Waals surface area contributed by atoms with Gasteiger partial charge in [0.15, 0.2) is 11.6 Å². The molecule has 2 aromatic carbocycles. The number of carbonyl (C=O) groups is 1. The third-order valence-corrected chi connectivity index (χ3v) is 6.82. The van der Waals surface area contributed by atoms with Crippen LogP contribution in [0.4, 0.5) is 26.6 Å². The van der Waals surface area contributed by atoms with Crippen molar-refractivity contribution in [2.75, 3.05) is 70.3 Å². The van der Waals surface area contributed by atoms with Crippen LogP contribution in [0.1, 0.15) is 18.9 Å². The van der Waals surface area contributed by atoms with Gasteiger partial charge in [0, 0.05) is 56.2 Å². The van der Waals surface area contributed by atoms with Crippen molar-refractivity contribution in [3.8, 4) is 17.2 Å². The van der Waals surface area contributed by atoms with E-state index in [0.29, 0.717) is 29.4 Å². The molecule has 0 saturated carbocycles. The Morgan fingerprint density at radius 1 is 1.02 bits per heavy atom. The molecule has 1 aliphatic rings. The molecular weight excluding hydrogens is 531 g/mol. The molecule has 3 aromatic rings. The van der Waals surface area contributed by atoms with Crippen LogP contribution in [0.25, 0.3) is 0 Å². The van der Waals surface area contributed by atoms with Gasteiger partial charge in [-0.05, 0) is 49.4 Å². The van der Waals surface area contributed by atoms with E-state index < -0.39 is 11.9 Å². The minimum absolute atomic E-state index is 0.0404. The van der Waals surface area contributed by atoms with Gasteiger partial charge in [-0.25, -0.2) is 14.2 Å². The van der Waals surface area contributed by atoms with Crippen molar-refractivity contribution in [3.05, 3.63) is 60.0 Å². The molecule has 2 heterocycles. The van der Waals surface area contributed by atoms with E-state index in [1.807, 2.05) is 0 Å². The molecule has 1 aromatic heterocycles. The van der Waals surface area contributed by atoms with Crippen molar-refractivity contribution < 1.29 is 28.5 Å².